The van der Waals surface area contributed by atoms with Crippen molar-refractivity contribution in [1.82, 2.24) is 4.90 Å². The van der Waals surface area contributed by atoms with Crippen molar-refractivity contribution in [3.8, 4) is 17.2 Å². The Morgan fingerprint density at radius 3 is 2.26 bits per heavy atom. The first-order valence-corrected chi connectivity index (χ1v) is 11.3. The maximum atomic E-state index is 12.4. The van der Waals surface area contributed by atoms with E-state index in [1.54, 1.807) is 31.3 Å². The highest BCUT2D eigenvalue weighted by Crippen LogP contribution is 2.35. The lowest BCUT2D eigenvalue weighted by Gasteiger charge is -2.22. The molecule has 0 unspecified atom stereocenters. The molecule has 0 atom stereocenters. The lowest BCUT2D eigenvalue weighted by atomic mass is 10.1. The monoisotopic (exact) mass is 477 g/mol. The van der Waals surface area contributed by atoms with E-state index in [1.807, 2.05) is 58.0 Å². The van der Waals surface area contributed by atoms with Crippen LogP contribution in [0.4, 0.5) is 21.0 Å². The molecule has 0 spiro atoms. The number of urea groups is 1. The molecule has 3 amide bonds. The van der Waals surface area contributed by atoms with Crippen LogP contribution in [-0.4, -0.2) is 35.2 Å². The second-order valence-electron chi connectivity index (χ2n) is 8.54. The van der Waals surface area contributed by atoms with E-state index in [2.05, 4.69) is 10.6 Å². The standard InChI is InChI=1S/C27H31N3O5/c1-17(2)30(5)26(32)29-23-15-22(11-12-24(23)31)35-25-18(3)13-21(14-19(25)4)28-27(33)34-16-20-9-7-6-8-10-20/h6-15,17,31H,16H2,1-5H3,(H,28,33)(H,29,32). The van der Waals surface area contributed by atoms with Gasteiger partial charge in [0.1, 0.15) is 23.9 Å². The fourth-order valence-corrected chi connectivity index (χ4v) is 3.29. The van der Waals surface area contributed by atoms with Gasteiger partial charge in [-0.2, -0.15) is 0 Å². The van der Waals surface area contributed by atoms with Crippen LogP contribution in [0.3, 0.4) is 0 Å². The topological polar surface area (TPSA) is 100 Å². The molecule has 0 radical (unpaired) electrons. The number of nitrogens with zero attached hydrogens (tertiary/aromatic N) is 1. The average molecular weight is 478 g/mol. The first-order chi connectivity index (χ1) is 16.6. The minimum absolute atomic E-state index is 0.00428. The molecule has 0 aromatic heterocycles. The molecule has 0 saturated carbocycles. The number of nitrogens with one attached hydrogen (secondary N) is 2. The van der Waals surface area contributed by atoms with Gasteiger partial charge in [0.05, 0.1) is 5.69 Å². The minimum atomic E-state index is -0.549. The van der Waals surface area contributed by atoms with Crippen molar-refractivity contribution < 1.29 is 24.2 Å². The Kier molecular flexibility index (Phi) is 8.20. The maximum absolute atomic E-state index is 12.4. The zero-order valence-electron chi connectivity index (χ0n) is 20.6. The van der Waals surface area contributed by atoms with Crippen LogP contribution in [0, 0.1) is 13.8 Å². The van der Waals surface area contributed by atoms with E-state index in [-0.39, 0.29) is 30.1 Å². The van der Waals surface area contributed by atoms with Crippen LogP contribution in [0.5, 0.6) is 17.2 Å². The second-order valence-corrected chi connectivity index (χ2v) is 8.54. The number of phenols is 1. The summed E-state index contributed by atoms with van der Waals surface area (Å²) in [6.45, 7) is 7.70. The number of aryl methyl sites for hydroxylation is 2. The first kappa shape index (κ1) is 25.4. The third kappa shape index (κ3) is 6.89. The van der Waals surface area contributed by atoms with Crippen molar-refractivity contribution in [1.29, 1.82) is 0 Å². The zero-order chi connectivity index (χ0) is 25.5. The summed E-state index contributed by atoms with van der Waals surface area (Å²) < 4.78 is 11.4. The number of anilines is 2. The van der Waals surface area contributed by atoms with Crippen molar-refractivity contribution in [3.05, 3.63) is 77.4 Å². The van der Waals surface area contributed by atoms with Crippen LogP contribution in [0.2, 0.25) is 0 Å². The van der Waals surface area contributed by atoms with Crippen LogP contribution in [0.15, 0.2) is 60.7 Å². The van der Waals surface area contributed by atoms with E-state index < -0.39 is 6.09 Å². The molecule has 0 bridgehead atoms. The molecule has 0 aliphatic rings. The predicted octanol–water partition coefficient (Wildman–Crippen LogP) is 6.42. The van der Waals surface area contributed by atoms with Crippen molar-refractivity contribution in [2.75, 3.05) is 17.7 Å². The molecule has 8 nitrogen and oxygen atoms in total. The number of benzene rings is 3. The van der Waals surface area contributed by atoms with Gasteiger partial charge >= 0.3 is 12.1 Å². The quantitative estimate of drug-likeness (QED) is 0.341. The fourth-order valence-electron chi connectivity index (χ4n) is 3.29. The number of carbonyl (C=O) groups is 2. The molecule has 3 rings (SSSR count). The molecular weight excluding hydrogens is 446 g/mol. The summed E-state index contributed by atoms with van der Waals surface area (Å²) in [5.41, 5.74) is 3.32. The van der Waals surface area contributed by atoms with E-state index in [0.29, 0.717) is 17.2 Å². The summed E-state index contributed by atoms with van der Waals surface area (Å²) in [7, 11) is 1.68. The summed E-state index contributed by atoms with van der Waals surface area (Å²) >= 11 is 0. The Hall–Kier alpha value is -4.20. The highest BCUT2D eigenvalue weighted by molar-refractivity contribution is 5.91. The van der Waals surface area contributed by atoms with Gasteiger partial charge in [0, 0.05) is 24.8 Å². The number of carbonyl (C=O) groups excluding carboxylic acids is 2. The van der Waals surface area contributed by atoms with E-state index in [4.69, 9.17) is 9.47 Å². The smallest absolute Gasteiger partial charge is 0.411 e. The van der Waals surface area contributed by atoms with Gasteiger partial charge in [-0.05, 0) is 68.7 Å². The summed E-state index contributed by atoms with van der Waals surface area (Å²) in [5.74, 6) is 0.986. The number of hydrogen-bond donors (Lipinski definition) is 3. The third-order valence-corrected chi connectivity index (χ3v) is 5.44. The van der Waals surface area contributed by atoms with Gasteiger partial charge in [-0.1, -0.05) is 30.3 Å². The summed E-state index contributed by atoms with van der Waals surface area (Å²) in [4.78, 5) is 26.1. The number of aromatic hydroxyl groups is 1. The molecule has 8 heteroatoms. The largest absolute Gasteiger partial charge is 0.506 e. The van der Waals surface area contributed by atoms with Gasteiger partial charge in [-0.15, -0.1) is 0 Å². The second kappa shape index (κ2) is 11.3. The molecule has 3 aromatic carbocycles. The fraction of sp³-hybridized carbons (Fsp3) is 0.259. The van der Waals surface area contributed by atoms with Gasteiger partial charge in [-0.25, -0.2) is 9.59 Å². The Morgan fingerprint density at radius 2 is 1.63 bits per heavy atom. The van der Waals surface area contributed by atoms with Gasteiger partial charge in [0.2, 0.25) is 0 Å². The Morgan fingerprint density at radius 1 is 0.971 bits per heavy atom. The summed E-state index contributed by atoms with van der Waals surface area (Å²) in [6, 6.07) is 17.3. The van der Waals surface area contributed by atoms with Crippen LogP contribution in [-0.2, 0) is 11.3 Å². The van der Waals surface area contributed by atoms with Crippen LogP contribution in [0.25, 0.3) is 0 Å². The first-order valence-electron chi connectivity index (χ1n) is 11.3. The highest BCUT2D eigenvalue weighted by Gasteiger charge is 2.16. The molecule has 35 heavy (non-hydrogen) atoms. The average Bonchev–Trinajstić information content (AvgIpc) is 2.82. The molecule has 0 aliphatic carbocycles. The molecule has 3 aromatic rings. The van der Waals surface area contributed by atoms with Crippen molar-refractivity contribution in [3.63, 3.8) is 0 Å². The van der Waals surface area contributed by atoms with Crippen molar-refractivity contribution in [2.24, 2.45) is 0 Å². The third-order valence-electron chi connectivity index (χ3n) is 5.44. The van der Waals surface area contributed by atoms with Crippen LogP contribution >= 0.6 is 0 Å². The molecule has 0 fully saturated rings. The van der Waals surface area contributed by atoms with Crippen molar-refractivity contribution in [2.45, 2.75) is 40.3 Å². The SMILES string of the molecule is Cc1cc(NC(=O)OCc2ccccc2)cc(C)c1Oc1ccc(O)c(NC(=O)N(C)C(C)C)c1. The molecule has 0 aliphatic heterocycles. The molecule has 3 N–H and O–H groups in total. The maximum Gasteiger partial charge on any atom is 0.411 e. The van der Waals surface area contributed by atoms with Gasteiger partial charge in [0.15, 0.2) is 0 Å². The van der Waals surface area contributed by atoms with Gasteiger partial charge < -0.3 is 24.8 Å². The normalized spacial score (nSPS) is 10.6. The predicted molar refractivity (Wildman–Crippen MR) is 136 cm³/mol. The molecule has 0 saturated heterocycles. The number of hydrogen-bond acceptors (Lipinski definition) is 5. The summed E-state index contributed by atoms with van der Waals surface area (Å²) in [5, 5.41) is 15.6. The Bertz CT molecular complexity index is 1170. The van der Waals surface area contributed by atoms with Gasteiger partial charge in [0.25, 0.3) is 0 Å². The van der Waals surface area contributed by atoms with E-state index in [9.17, 15) is 14.7 Å². The minimum Gasteiger partial charge on any atom is -0.506 e. The lowest BCUT2D eigenvalue weighted by Crippen LogP contribution is -2.36. The number of amides is 3. The summed E-state index contributed by atoms with van der Waals surface area (Å²) in [6.07, 6.45) is -0.549. The number of phenolic OH excluding ortho intramolecular Hbond substituents is 1. The zero-order valence-corrected chi connectivity index (χ0v) is 20.6. The number of rotatable bonds is 7. The van der Waals surface area contributed by atoms with E-state index >= 15 is 0 Å². The number of ether oxygens (including phenoxy) is 2. The molecular formula is C27H31N3O5. The highest BCUT2D eigenvalue weighted by atomic mass is 16.5. The van der Waals surface area contributed by atoms with Gasteiger partial charge in [-0.3, -0.25) is 5.32 Å². The lowest BCUT2D eigenvalue weighted by molar-refractivity contribution is 0.155. The van der Waals surface area contributed by atoms with Crippen LogP contribution in [0.1, 0.15) is 30.5 Å². The molecule has 0 heterocycles. The Labute approximate surface area is 205 Å². The van der Waals surface area contributed by atoms with E-state index in [0.717, 1.165) is 16.7 Å². The Balaban J connectivity index is 1.68. The van der Waals surface area contributed by atoms with Crippen LogP contribution < -0.4 is 15.4 Å². The van der Waals surface area contributed by atoms with Crippen molar-refractivity contribution >= 4 is 23.5 Å². The van der Waals surface area contributed by atoms with E-state index in [1.165, 1.54) is 11.0 Å². The molecule has 184 valence electrons.